The number of aldehydes is 1. The molecule has 4 rings (SSSR count). The molecule has 154 valence electrons. The smallest absolute Gasteiger partial charge is 0.264 e. The van der Waals surface area contributed by atoms with E-state index in [0.717, 1.165) is 28.7 Å². The van der Waals surface area contributed by atoms with Gasteiger partial charge in [0.2, 0.25) is 0 Å². The number of ether oxygens (including phenoxy) is 1. The summed E-state index contributed by atoms with van der Waals surface area (Å²) in [7, 11) is -2.12. The van der Waals surface area contributed by atoms with Gasteiger partial charge in [0.25, 0.3) is 10.0 Å². The SMILES string of the molecule is COc1cccc(CC2CN(S(=O)(=O)c3ccc(C)cc3)c3cccc(C=O)c32)c1. The lowest BCUT2D eigenvalue weighted by Gasteiger charge is -2.20. The summed E-state index contributed by atoms with van der Waals surface area (Å²) in [6.45, 7) is 2.20. The molecule has 0 saturated heterocycles. The Kier molecular flexibility index (Phi) is 5.35. The van der Waals surface area contributed by atoms with Crippen LogP contribution in [0.2, 0.25) is 0 Å². The van der Waals surface area contributed by atoms with Crippen LogP contribution in [0.4, 0.5) is 5.69 Å². The van der Waals surface area contributed by atoms with Gasteiger partial charge in [-0.3, -0.25) is 9.10 Å². The van der Waals surface area contributed by atoms with Gasteiger partial charge in [0.1, 0.15) is 12.0 Å². The van der Waals surface area contributed by atoms with Crippen molar-refractivity contribution < 1.29 is 17.9 Å². The van der Waals surface area contributed by atoms with Gasteiger partial charge in [-0.15, -0.1) is 0 Å². The maximum absolute atomic E-state index is 13.4. The molecule has 6 heteroatoms. The summed E-state index contributed by atoms with van der Waals surface area (Å²) >= 11 is 0. The molecule has 1 unspecified atom stereocenters. The molecule has 3 aromatic carbocycles. The Morgan fingerprint density at radius 2 is 1.80 bits per heavy atom. The zero-order chi connectivity index (χ0) is 21.3. The van der Waals surface area contributed by atoms with Gasteiger partial charge < -0.3 is 4.74 Å². The van der Waals surface area contributed by atoms with Crippen molar-refractivity contribution in [2.24, 2.45) is 0 Å². The van der Waals surface area contributed by atoms with Crippen LogP contribution < -0.4 is 9.04 Å². The number of fused-ring (bicyclic) bond motifs is 1. The highest BCUT2D eigenvalue weighted by Crippen LogP contribution is 2.42. The Morgan fingerprint density at radius 3 is 2.50 bits per heavy atom. The summed E-state index contributed by atoms with van der Waals surface area (Å²) in [6, 6.07) is 19.8. The Hall–Kier alpha value is -3.12. The van der Waals surface area contributed by atoms with E-state index >= 15 is 0 Å². The zero-order valence-electron chi connectivity index (χ0n) is 16.9. The summed E-state index contributed by atoms with van der Waals surface area (Å²) in [5, 5.41) is 0. The maximum atomic E-state index is 13.4. The first-order valence-electron chi connectivity index (χ1n) is 9.74. The highest BCUT2D eigenvalue weighted by Gasteiger charge is 2.38. The van der Waals surface area contributed by atoms with E-state index in [1.54, 1.807) is 49.6 Å². The van der Waals surface area contributed by atoms with Crippen LogP contribution in [0.3, 0.4) is 0 Å². The largest absolute Gasteiger partial charge is 0.497 e. The van der Waals surface area contributed by atoms with Gasteiger partial charge in [-0.05, 0) is 54.8 Å². The summed E-state index contributed by atoms with van der Waals surface area (Å²) in [6.07, 6.45) is 1.41. The van der Waals surface area contributed by atoms with E-state index < -0.39 is 10.0 Å². The van der Waals surface area contributed by atoms with Crippen molar-refractivity contribution in [1.82, 2.24) is 0 Å². The first-order chi connectivity index (χ1) is 14.4. The van der Waals surface area contributed by atoms with Crippen molar-refractivity contribution in [3.63, 3.8) is 0 Å². The Labute approximate surface area is 177 Å². The maximum Gasteiger partial charge on any atom is 0.264 e. The first kappa shape index (κ1) is 20.2. The van der Waals surface area contributed by atoms with E-state index in [-0.39, 0.29) is 17.4 Å². The van der Waals surface area contributed by atoms with Gasteiger partial charge in [0.05, 0.1) is 17.7 Å². The third kappa shape index (κ3) is 3.59. The summed E-state index contributed by atoms with van der Waals surface area (Å²) in [4.78, 5) is 12.0. The minimum Gasteiger partial charge on any atom is -0.497 e. The van der Waals surface area contributed by atoms with Gasteiger partial charge in [-0.1, -0.05) is 42.0 Å². The number of aryl methyl sites for hydroxylation is 1. The standard InChI is InChI=1S/C24H23NO4S/c1-17-9-11-22(12-10-17)30(27,28)25-15-20(13-18-5-3-7-21(14-18)29-2)24-19(16-26)6-4-8-23(24)25/h3-12,14,16,20H,13,15H2,1-2H3. The predicted molar refractivity (Wildman–Crippen MR) is 117 cm³/mol. The fraction of sp³-hybridized carbons (Fsp3) is 0.208. The lowest BCUT2D eigenvalue weighted by molar-refractivity contribution is 0.112. The summed E-state index contributed by atoms with van der Waals surface area (Å²) < 4.78 is 33.6. The van der Waals surface area contributed by atoms with Gasteiger partial charge >= 0.3 is 0 Å². The Bertz CT molecular complexity index is 1190. The van der Waals surface area contributed by atoms with Crippen LogP contribution in [0.1, 0.15) is 33.0 Å². The molecule has 0 aliphatic carbocycles. The molecular weight excluding hydrogens is 398 g/mol. The number of nitrogens with zero attached hydrogens (tertiary/aromatic N) is 1. The molecule has 1 atom stereocenters. The quantitative estimate of drug-likeness (QED) is 0.555. The Balaban J connectivity index is 1.76. The number of hydrogen-bond donors (Lipinski definition) is 0. The average Bonchev–Trinajstić information content (AvgIpc) is 3.13. The monoisotopic (exact) mass is 421 g/mol. The molecule has 0 N–H and O–H groups in total. The number of benzene rings is 3. The second-order valence-corrected chi connectivity index (χ2v) is 9.36. The number of anilines is 1. The minimum atomic E-state index is -3.74. The molecule has 0 fully saturated rings. The van der Waals surface area contributed by atoms with E-state index in [4.69, 9.17) is 4.74 Å². The van der Waals surface area contributed by atoms with E-state index in [0.29, 0.717) is 17.7 Å². The van der Waals surface area contributed by atoms with Crippen LogP contribution >= 0.6 is 0 Å². The van der Waals surface area contributed by atoms with Crippen LogP contribution in [0.5, 0.6) is 5.75 Å². The number of hydrogen-bond acceptors (Lipinski definition) is 4. The van der Waals surface area contributed by atoms with Gasteiger partial charge in [0.15, 0.2) is 0 Å². The lowest BCUT2D eigenvalue weighted by atomic mass is 9.90. The molecule has 0 bridgehead atoms. The van der Waals surface area contributed by atoms with Crippen LogP contribution in [0.25, 0.3) is 0 Å². The molecule has 0 aromatic heterocycles. The second kappa shape index (κ2) is 7.95. The van der Waals surface area contributed by atoms with Crippen molar-refractivity contribution >= 4 is 22.0 Å². The van der Waals surface area contributed by atoms with Crippen molar-refractivity contribution in [1.29, 1.82) is 0 Å². The molecule has 0 radical (unpaired) electrons. The molecule has 1 heterocycles. The van der Waals surface area contributed by atoms with E-state index in [2.05, 4.69) is 0 Å². The first-order valence-corrected chi connectivity index (χ1v) is 11.2. The molecule has 3 aromatic rings. The van der Waals surface area contributed by atoms with Gasteiger partial charge in [0, 0.05) is 18.0 Å². The second-order valence-electron chi connectivity index (χ2n) is 7.50. The number of carbonyl (C=O) groups excluding carboxylic acids is 1. The van der Waals surface area contributed by atoms with Gasteiger partial charge in [-0.2, -0.15) is 0 Å². The van der Waals surface area contributed by atoms with E-state index in [1.807, 2.05) is 31.2 Å². The summed E-state index contributed by atoms with van der Waals surface area (Å²) in [5.41, 5.74) is 3.91. The molecular formula is C24H23NO4S. The summed E-state index contributed by atoms with van der Waals surface area (Å²) in [5.74, 6) is 0.618. The number of carbonyl (C=O) groups is 1. The molecule has 0 amide bonds. The topological polar surface area (TPSA) is 63.7 Å². The molecule has 0 spiro atoms. The highest BCUT2D eigenvalue weighted by molar-refractivity contribution is 7.92. The number of rotatable bonds is 6. The van der Waals surface area contributed by atoms with Crippen molar-refractivity contribution in [3.8, 4) is 5.75 Å². The highest BCUT2D eigenvalue weighted by atomic mass is 32.2. The van der Waals surface area contributed by atoms with Crippen LogP contribution in [0.15, 0.2) is 71.6 Å². The third-order valence-corrected chi connectivity index (χ3v) is 7.33. The van der Waals surface area contributed by atoms with Crippen molar-refractivity contribution in [2.75, 3.05) is 18.0 Å². The average molecular weight is 422 g/mol. The predicted octanol–water partition coefficient (Wildman–Crippen LogP) is 4.35. The van der Waals surface area contributed by atoms with E-state index in [9.17, 15) is 13.2 Å². The van der Waals surface area contributed by atoms with Crippen LogP contribution in [0, 0.1) is 6.92 Å². The van der Waals surface area contributed by atoms with Crippen molar-refractivity contribution in [2.45, 2.75) is 24.2 Å². The molecule has 5 nitrogen and oxygen atoms in total. The molecule has 30 heavy (non-hydrogen) atoms. The lowest BCUT2D eigenvalue weighted by Crippen LogP contribution is -2.30. The molecule has 1 aliphatic heterocycles. The normalized spacial score (nSPS) is 15.7. The Morgan fingerprint density at radius 1 is 1.07 bits per heavy atom. The molecule has 0 saturated carbocycles. The van der Waals surface area contributed by atoms with Crippen LogP contribution in [-0.4, -0.2) is 28.4 Å². The zero-order valence-corrected chi connectivity index (χ0v) is 17.7. The van der Waals surface area contributed by atoms with Crippen molar-refractivity contribution in [3.05, 3.63) is 89.0 Å². The molecule has 1 aliphatic rings. The van der Waals surface area contributed by atoms with Crippen LogP contribution in [-0.2, 0) is 16.4 Å². The third-order valence-electron chi connectivity index (χ3n) is 5.53. The van der Waals surface area contributed by atoms with Gasteiger partial charge in [-0.25, -0.2) is 8.42 Å². The van der Waals surface area contributed by atoms with E-state index in [1.165, 1.54) is 4.31 Å². The fourth-order valence-electron chi connectivity index (χ4n) is 4.04. The number of sulfonamides is 1. The number of methoxy groups -OCH3 is 1. The minimum absolute atomic E-state index is 0.131. The fourth-order valence-corrected chi connectivity index (χ4v) is 5.57.